The normalized spacial score (nSPS) is 13.0. The van der Waals surface area contributed by atoms with E-state index in [-0.39, 0.29) is 5.41 Å². The van der Waals surface area contributed by atoms with Crippen LogP contribution in [0.2, 0.25) is 0 Å². The SMILES string of the molecule is CC(C)(C)c1ccccc1N1CN(c2cccc(Oc3ccc4c5ccccc5n(-c5nc6ccc7ccccc7c6c6c5ccc5ccccc56)c4c3)c2)c2ccccc21. The van der Waals surface area contributed by atoms with Gasteiger partial charge in [-0.3, -0.25) is 4.57 Å². The molecule has 0 saturated heterocycles. The summed E-state index contributed by atoms with van der Waals surface area (Å²) in [5.74, 6) is 2.44. The van der Waals surface area contributed by atoms with Crippen LogP contribution in [0.5, 0.6) is 11.5 Å². The molecule has 11 aromatic rings. The Morgan fingerprint density at radius 3 is 1.85 bits per heavy atom. The van der Waals surface area contributed by atoms with E-state index in [1.54, 1.807) is 0 Å². The third-order valence-corrected chi connectivity index (χ3v) is 12.5. The van der Waals surface area contributed by atoms with Crippen LogP contribution in [-0.2, 0) is 5.41 Å². The Kier molecular flexibility index (Phi) is 7.79. The molecule has 1 aliphatic rings. The second-order valence-electron chi connectivity index (χ2n) is 17.2. The second kappa shape index (κ2) is 13.4. The van der Waals surface area contributed by atoms with E-state index in [0.29, 0.717) is 6.67 Å². The van der Waals surface area contributed by atoms with Crippen LogP contribution in [0.25, 0.3) is 70.8 Å². The number of fused-ring (bicyclic) bond motifs is 11. The average molecular weight is 787 g/mol. The monoisotopic (exact) mass is 786 g/mol. The van der Waals surface area contributed by atoms with Gasteiger partial charge in [-0.2, -0.15) is 0 Å². The average Bonchev–Trinajstić information content (AvgIpc) is 3.84. The maximum absolute atomic E-state index is 6.83. The summed E-state index contributed by atoms with van der Waals surface area (Å²) in [6.45, 7) is 7.55. The Labute approximate surface area is 354 Å². The lowest BCUT2D eigenvalue weighted by atomic mass is 9.85. The molecule has 3 heterocycles. The van der Waals surface area contributed by atoms with Crippen LogP contribution in [0.3, 0.4) is 0 Å². The van der Waals surface area contributed by atoms with Crippen molar-refractivity contribution in [3.63, 3.8) is 0 Å². The fourth-order valence-corrected chi connectivity index (χ4v) is 9.77. The van der Waals surface area contributed by atoms with Crippen LogP contribution in [0.15, 0.2) is 188 Å². The summed E-state index contributed by atoms with van der Waals surface area (Å²) in [4.78, 5) is 10.4. The van der Waals surface area contributed by atoms with E-state index in [0.717, 1.165) is 50.3 Å². The molecule has 0 bridgehead atoms. The smallest absolute Gasteiger partial charge is 0.146 e. The molecule has 5 heteroatoms. The Balaban J connectivity index is 0.990. The lowest BCUT2D eigenvalue weighted by Gasteiger charge is -2.29. The molecule has 0 aliphatic carbocycles. The Bertz CT molecular complexity index is 3560. The molecule has 0 amide bonds. The van der Waals surface area contributed by atoms with Gasteiger partial charge in [-0.15, -0.1) is 0 Å². The van der Waals surface area contributed by atoms with E-state index in [1.807, 2.05) is 6.07 Å². The zero-order chi connectivity index (χ0) is 40.8. The van der Waals surface area contributed by atoms with Crippen LogP contribution in [-0.4, -0.2) is 16.2 Å². The number of aromatic nitrogens is 2. The number of nitrogens with zero attached hydrogens (tertiary/aromatic N) is 4. The van der Waals surface area contributed by atoms with Crippen molar-refractivity contribution in [2.75, 3.05) is 16.5 Å². The molecule has 0 saturated carbocycles. The molecular formula is C56H42N4O. The first-order valence-electron chi connectivity index (χ1n) is 21.1. The zero-order valence-electron chi connectivity index (χ0n) is 34.3. The third-order valence-electron chi connectivity index (χ3n) is 12.5. The number of benzene rings is 9. The van der Waals surface area contributed by atoms with Crippen molar-refractivity contribution in [2.24, 2.45) is 0 Å². The lowest BCUT2D eigenvalue weighted by molar-refractivity contribution is 0.483. The van der Waals surface area contributed by atoms with Gasteiger partial charge in [0.05, 0.1) is 27.9 Å². The molecule has 61 heavy (non-hydrogen) atoms. The number of anilines is 4. The zero-order valence-corrected chi connectivity index (χ0v) is 34.3. The fraction of sp³-hybridized carbons (Fsp3) is 0.0893. The topological polar surface area (TPSA) is 33.5 Å². The van der Waals surface area contributed by atoms with Gasteiger partial charge in [0.1, 0.15) is 24.0 Å². The maximum Gasteiger partial charge on any atom is 0.146 e. The maximum atomic E-state index is 6.83. The predicted molar refractivity (Wildman–Crippen MR) is 256 cm³/mol. The molecule has 9 aromatic carbocycles. The molecular weight excluding hydrogens is 745 g/mol. The first kappa shape index (κ1) is 35.3. The van der Waals surface area contributed by atoms with E-state index in [2.05, 4.69) is 217 Å². The predicted octanol–water partition coefficient (Wildman–Crippen LogP) is 15.1. The molecule has 0 N–H and O–H groups in total. The quantitative estimate of drug-likeness (QED) is 0.163. The summed E-state index contributed by atoms with van der Waals surface area (Å²) < 4.78 is 9.16. The largest absolute Gasteiger partial charge is 0.457 e. The van der Waals surface area contributed by atoms with E-state index in [9.17, 15) is 0 Å². The van der Waals surface area contributed by atoms with E-state index >= 15 is 0 Å². The molecule has 0 unspecified atom stereocenters. The molecule has 0 atom stereocenters. The van der Waals surface area contributed by atoms with Gasteiger partial charge in [-0.05, 0) is 93.2 Å². The highest BCUT2D eigenvalue weighted by Crippen LogP contribution is 2.47. The van der Waals surface area contributed by atoms with Gasteiger partial charge in [0.25, 0.3) is 0 Å². The molecule has 5 nitrogen and oxygen atoms in total. The van der Waals surface area contributed by atoms with Gasteiger partial charge in [0.15, 0.2) is 0 Å². The van der Waals surface area contributed by atoms with Gasteiger partial charge in [-0.1, -0.05) is 136 Å². The van der Waals surface area contributed by atoms with Crippen LogP contribution in [0, 0.1) is 0 Å². The second-order valence-corrected chi connectivity index (χ2v) is 17.2. The van der Waals surface area contributed by atoms with E-state index in [1.165, 1.54) is 60.3 Å². The van der Waals surface area contributed by atoms with Crippen LogP contribution in [0.4, 0.5) is 22.7 Å². The summed E-state index contributed by atoms with van der Waals surface area (Å²) in [5.41, 5.74) is 9.11. The van der Waals surface area contributed by atoms with Gasteiger partial charge in [0.2, 0.25) is 0 Å². The van der Waals surface area contributed by atoms with Crippen molar-refractivity contribution in [3.05, 3.63) is 194 Å². The molecule has 292 valence electrons. The number of rotatable bonds is 5. The standard InChI is InChI=1S/C56H42N4O/c1-56(2,3)46-22-9-11-24-49(46)59-35-58(50-25-12-13-26-51(50)59)38-17-14-18-39(33-38)61-40-29-31-44-43-21-8-10-23-48(43)60(52(44)34-40)55-45-30-27-36-15-4-6-19-41(36)53(45)54-42-20-7-5-16-37(42)28-32-47(54)57-55/h4-34H,35H2,1-3H3. The minimum atomic E-state index is 0.000249. The van der Waals surface area contributed by atoms with Crippen molar-refractivity contribution in [1.82, 2.24) is 9.55 Å². The number of ether oxygens (including phenoxy) is 1. The van der Waals surface area contributed by atoms with E-state index < -0.39 is 0 Å². The van der Waals surface area contributed by atoms with Crippen molar-refractivity contribution in [2.45, 2.75) is 26.2 Å². The summed E-state index contributed by atoms with van der Waals surface area (Å²) >= 11 is 0. The minimum Gasteiger partial charge on any atom is -0.457 e. The van der Waals surface area contributed by atoms with Crippen LogP contribution >= 0.6 is 0 Å². The Morgan fingerprint density at radius 1 is 0.459 bits per heavy atom. The summed E-state index contributed by atoms with van der Waals surface area (Å²) in [7, 11) is 0. The highest BCUT2D eigenvalue weighted by atomic mass is 16.5. The van der Waals surface area contributed by atoms with Gasteiger partial charge in [0, 0.05) is 50.4 Å². The number of hydrogen-bond donors (Lipinski definition) is 0. The minimum absolute atomic E-state index is 0.000249. The first-order chi connectivity index (χ1) is 29.9. The number of hydrogen-bond acceptors (Lipinski definition) is 4. The third kappa shape index (κ3) is 5.58. The number of para-hydroxylation sites is 4. The lowest BCUT2D eigenvalue weighted by Crippen LogP contribution is -2.26. The van der Waals surface area contributed by atoms with Gasteiger partial charge < -0.3 is 14.5 Å². The van der Waals surface area contributed by atoms with Gasteiger partial charge in [-0.25, -0.2) is 4.98 Å². The molecule has 0 fully saturated rings. The van der Waals surface area contributed by atoms with Gasteiger partial charge >= 0.3 is 0 Å². The highest BCUT2D eigenvalue weighted by Gasteiger charge is 2.31. The van der Waals surface area contributed by atoms with E-state index in [4.69, 9.17) is 9.72 Å². The molecule has 1 aliphatic heterocycles. The summed E-state index contributed by atoms with van der Waals surface area (Å²) in [6.07, 6.45) is 0. The molecule has 12 rings (SSSR count). The Hall–Kier alpha value is -7.63. The first-order valence-corrected chi connectivity index (χ1v) is 21.1. The van der Waals surface area contributed by atoms with Crippen molar-refractivity contribution in [3.8, 4) is 17.3 Å². The molecule has 0 spiro atoms. The van der Waals surface area contributed by atoms with Crippen LogP contribution in [0.1, 0.15) is 26.3 Å². The van der Waals surface area contributed by atoms with Crippen LogP contribution < -0.4 is 14.5 Å². The number of pyridine rings is 1. The summed E-state index contributed by atoms with van der Waals surface area (Å²) in [6, 6.07) is 67.3. The molecule has 0 radical (unpaired) electrons. The molecule has 2 aromatic heterocycles. The Morgan fingerprint density at radius 2 is 1.07 bits per heavy atom. The fourth-order valence-electron chi connectivity index (χ4n) is 9.77. The van der Waals surface area contributed by atoms with Crippen molar-refractivity contribution in [1.29, 1.82) is 0 Å². The van der Waals surface area contributed by atoms with Crippen molar-refractivity contribution >= 4 is 87.8 Å². The summed E-state index contributed by atoms with van der Waals surface area (Å²) in [5, 5.41) is 10.7. The highest BCUT2D eigenvalue weighted by molar-refractivity contribution is 6.28. The van der Waals surface area contributed by atoms with Crippen molar-refractivity contribution < 1.29 is 4.74 Å².